The Morgan fingerprint density at radius 2 is 2.00 bits per heavy atom. The number of rotatable bonds is 7. The lowest BCUT2D eigenvalue weighted by atomic mass is 10.1. The van der Waals surface area contributed by atoms with Crippen molar-refractivity contribution in [1.82, 2.24) is 9.97 Å². The predicted octanol–water partition coefficient (Wildman–Crippen LogP) is 5.48. The van der Waals surface area contributed by atoms with E-state index in [1.165, 1.54) is 0 Å². The van der Waals surface area contributed by atoms with E-state index in [4.69, 9.17) is 9.15 Å². The Labute approximate surface area is 192 Å². The molecule has 0 unspecified atom stereocenters. The highest BCUT2D eigenvalue weighted by Crippen LogP contribution is 2.41. The second-order valence-corrected chi connectivity index (χ2v) is 9.35. The topological polar surface area (TPSA) is 88.4 Å². The molecule has 0 spiro atoms. The van der Waals surface area contributed by atoms with Crippen LogP contribution in [-0.4, -0.2) is 21.7 Å². The van der Waals surface area contributed by atoms with E-state index in [0.717, 1.165) is 50.1 Å². The first-order valence-corrected chi connectivity index (χ1v) is 11.8. The van der Waals surface area contributed by atoms with Crippen molar-refractivity contribution >= 4 is 22.7 Å². The van der Waals surface area contributed by atoms with Gasteiger partial charge in [-0.3, -0.25) is 9.78 Å². The quantitative estimate of drug-likeness (QED) is 0.333. The Hall–Kier alpha value is -3.36. The molecule has 0 radical (unpaired) electrons. The fourth-order valence-corrected chi connectivity index (χ4v) is 5.25. The van der Waals surface area contributed by atoms with Gasteiger partial charge in [-0.05, 0) is 42.1 Å². The lowest BCUT2D eigenvalue weighted by molar-refractivity contribution is 0.321. The Bertz CT molecular complexity index is 1380. The number of aryl methyl sites for hydroxylation is 1. The van der Waals surface area contributed by atoms with Gasteiger partial charge in [-0.1, -0.05) is 35.6 Å². The van der Waals surface area contributed by atoms with Gasteiger partial charge in [0.05, 0.1) is 17.2 Å². The van der Waals surface area contributed by atoms with Crippen LogP contribution in [0, 0.1) is 6.92 Å². The molecule has 6 nitrogen and oxygen atoms in total. The van der Waals surface area contributed by atoms with Crippen molar-refractivity contribution in [1.29, 1.82) is 0 Å². The molecule has 1 aliphatic carbocycles. The molecule has 0 saturated heterocycles. The molecular weight excluding hydrogens is 444 g/mol. The number of H-pyrrole nitrogens is 1. The molecule has 3 aromatic rings. The number of hydrogen-bond donors (Lipinski definition) is 2. The van der Waals surface area contributed by atoms with Gasteiger partial charge < -0.3 is 14.3 Å². The third-order valence-electron chi connectivity index (χ3n) is 5.23. The molecule has 0 fully saturated rings. The number of thiazole rings is 1. The molecule has 8 heteroatoms. The predicted molar refractivity (Wildman–Crippen MR) is 126 cm³/mol. The average Bonchev–Trinajstić information content (AvgIpc) is 3.47. The first-order chi connectivity index (χ1) is 15.6. The second kappa shape index (κ2) is 8.64. The minimum Gasteiger partial charge on any atom is -0.494 e. The molecule has 0 amide bonds. The summed E-state index contributed by atoms with van der Waals surface area (Å²) in [5, 5.41) is 12.0. The molecule has 1 aliphatic heterocycles. The van der Waals surface area contributed by atoms with Crippen LogP contribution in [0.4, 0.5) is 0 Å². The van der Waals surface area contributed by atoms with E-state index in [1.807, 2.05) is 60.8 Å². The fourth-order valence-electron chi connectivity index (χ4n) is 3.67. The Kier molecular flexibility index (Phi) is 5.55. The molecule has 2 aromatic heterocycles. The molecular formula is C24H20N2O4S2. The van der Waals surface area contributed by atoms with Crippen LogP contribution in [0.5, 0.6) is 11.6 Å². The van der Waals surface area contributed by atoms with Crippen LogP contribution >= 0.6 is 22.7 Å². The van der Waals surface area contributed by atoms with Crippen LogP contribution in [0.3, 0.4) is 0 Å². The van der Waals surface area contributed by atoms with Crippen molar-refractivity contribution in [2.24, 2.45) is 0 Å². The van der Waals surface area contributed by atoms with Crippen molar-refractivity contribution in [3.05, 3.63) is 85.5 Å². The number of aromatic hydroxyl groups is 1. The number of aromatic nitrogens is 2. The first kappa shape index (κ1) is 20.5. The summed E-state index contributed by atoms with van der Waals surface area (Å²) < 4.78 is 12.0. The van der Waals surface area contributed by atoms with Gasteiger partial charge in [0, 0.05) is 28.8 Å². The highest BCUT2D eigenvalue weighted by molar-refractivity contribution is 7.13. The van der Waals surface area contributed by atoms with E-state index in [9.17, 15) is 9.90 Å². The van der Waals surface area contributed by atoms with Gasteiger partial charge >= 0.3 is 4.87 Å². The largest absolute Gasteiger partial charge is 0.494 e. The van der Waals surface area contributed by atoms with Crippen molar-refractivity contribution in [2.75, 3.05) is 6.61 Å². The summed E-state index contributed by atoms with van der Waals surface area (Å²) in [6, 6.07) is 15.9. The van der Waals surface area contributed by atoms with E-state index in [0.29, 0.717) is 30.2 Å². The Balaban J connectivity index is 1.33. The van der Waals surface area contributed by atoms with Crippen molar-refractivity contribution < 1.29 is 14.3 Å². The summed E-state index contributed by atoms with van der Waals surface area (Å²) in [7, 11) is 0. The SMILES string of the molecule is Cc1oc(-c2ccccc2)nc1CCOc1ccsc2ccc(Cc3sc(=O)[nH]c3O)c1-2. The number of fused-ring (bicyclic) bond motifs is 1. The van der Waals surface area contributed by atoms with Gasteiger partial charge in [0.2, 0.25) is 11.8 Å². The maximum atomic E-state index is 11.5. The molecule has 0 atom stereocenters. The van der Waals surface area contributed by atoms with Crippen molar-refractivity contribution in [3.8, 4) is 33.5 Å². The molecule has 3 heterocycles. The van der Waals surface area contributed by atoms with Crippen LogP contribution < -0.4 is 9.61 Å². The third kappa shape index (κ3) is 4.06. The number of oxazole rings is 1. The van der Waals surface area contributed by atoms with E-state index < -0.39 is 0 Å². The lowest BCUT2D eigenvalue weighted by Crippen LogP contribution is -2.04. The molecule has 0 saturated carbocycles. The van der Waals surface area contributed by atoms with E-state index >= 15 is 0 Å². The minimum atomic E-state index is -0.259. The van der Waals surface area contributed by atoms with Gasteiger partial charge in [0.25, 0.3) is 0 Å². The minimum absolute atomic E-state index is 0.0628. The number of ether oxygens (including phenoxy) is 1. The molecule has 162 valence electrons. The normalized spacial score (nSPS) is 11.3. The lowest BCUT2D eigenvalue weighted by Gasteiger charge is -2.12. The zero-order chi connectivity index (χ0) is 22.1. The number of aromatic amines is 1. The van der Waals surface area contributed by atoms with E-state index in [-0.39, 0.29) is 10.8 Å². The second-order valence-electron chi connectivity index (χ2n) is 7.33. The average molecular weight is 465 g/mol. The van der Waals surface area contributed by atoms with Crippen LogP contribution in [0.25, 0.3) is 21.9 Å². The van der Waals surface area contributed by atoms with Crippen LogP contribution in [-0.2, 0) is 12.8 Å². The zero-order valence-electron chi connectivity index (χ0n) is 17.3. The van der Waals surface area contributed by atoms with E-state index in [2.05, 4.69) is 9.97 Å². The monoisotopic (exact) mass is 464 g/mol. The molecule has 1 aromatic carbocycles. The van der Waals surface area contributed by atoms with Gasteiger partial charge in [-0.15, -0.1) is 11.3 Å². The molecule has 32 heavy (non-hydrogen) atoms. The number of nitrogens with zero attached hydrogens (tertiary/aromatic N) is 1. The smallest absolute Gasteiger partial charge is 0.307 e. The fraction of sp³-hybridized carbons (Fsp3) is 0.167. The molecule has 0 bridgehead atoms. The van der Waals surface area contributed by atoms with Gasteiger partial charge in [-0.2, -0.15) is 0 Å². The zero-order valence-corrected chi connectivity index (χ0v) is 18.9. The summed E-state index contributed by atoms with van der Waals surface area (Å²) in [6.45, 7) is 2.38. The summed E-state index contributed by atoms with van der Waals surface area (Å²) in [6.07, 6.45) is 1.09. The van der Waals surface area contributed by atoms with Gasteiger partial charge in [0.1, 0.15) is 11.5 Å². The van der Waals surface area contributed by atoms with Gasteiger partial charge in [0.15, 0.2) is 0 Å². The highest BCUT2D eigenvalue weighted by Gasteiger charge is 2.19. The first-order valence-electron chi connectivity index (χ1n) is 10.1. The van der Waals surface area contributed by atoms with Crippen LogP contribution in [0.15, 0.2) is 63.1 Å². The Morgan fingerprint density at radius 3 is 2.78 bits per heavy atom. The van der Waals surface area contributed by atoms with Gasteiger partial charge in [-0.25, -0.2) is 4.98 Å². The summed E-state index contributed by atoms with van der Waals surface area (Å²) >= 11 is 2.66. The standard InChI is InChI=1S/C24H20N2O4S2/c1-14-17(25-23(30-14)15-5-3-2-4-6-15)9-11-29-18-10-12-31-19-8-7-16(21(18)19)13-20-22(27)26-24(28)32-20/h2-8,10,12,27H,9,11,13H2,1H3,(H,26,28). The van der Waals surface area contributed by atoms with Crippen LogP contribution in [0.2, 0.25) is 0 Å². The number of hydrogen-bond acceptors (Lipinski definition) is 7. The summed E-state index contributed by atoms with van der Waals surface area (Å²) in [5.74, 6) is 2.13. The molecule has 2 aliphatic rings. The summed E-state index contributed by atoms with van der Waals surface area (Å²) in [4.78, 5) is 20.1. The number of nitrogens with one attached hydrogen (secondary N) is 1. The number of benzene rings is 1. The Morgan fingerprint density at radius 1 is 1.16 bits per heavy atom. The van der Waals surface area contributed by atoms with Crippen molar-refractivity contribution in [2.45, 2.75) is 19.8 Å². The maximum absolute atomic E-state index is 11.5. The van der Waals surface area contributed by atoms with E-state index in [1.54, 1.807) is 11.3 Å². The van der Waals surface area contributed by atoms with Crippen LogP contribution in [0.1, 0.15) is 21.9 Å². The molecule has 5 rings (SSSR count). The summed E-state index contributed by atoms with van der Waals surface area (Å²) in [5.41, 5.74) is 3.86. The highest BCUT2D eigenvalue weighted by atomic mass is 32.1. The third-order valence-corrected chi connectivity index (χ3v) is 6.96. The maximum Gasteiger partial charge on any atom is 0.307 e. The molecule has 2 N–H and O–H groups in total. The van der Waals surface area contributed by atoms with Crippen molar-refractivity contribution in [3.63, 3.8) is 0 Å².